The Morgan fingerprint density at radius 1 is 1.71 bits per heavy atom. The second kappa shape index (κ2) is 3.32. The monoisotopic (exact) mass is 196 g/mol. The number of nitrogens with zero attached hydrogens (tertiary/aromatic N) is 2. The van der Waals surface area contributed by atoms with E-state index in [0.29, 0.717) is 18.3 Å². The molecule has 0 saturated heterocycles. The van der Waals surface area contributed by atoms with Gasteiger partial charge < -0.3 is 9.84 Å². The van der Waals surface area contributed by atoms with Gasteiger partial charge in [0.15, 0.2) is 0 Å². The van der Waals surface area contributed by atoms with Gasteiger partial charge in [-0.1, -0.05) is 6.92 Å². The number of hydrogen-bond donors (Lipinski definition) is 1. The number of imidazole rings is 1. The number of fused-ring (bicyclic) bond motifs is 1. The number of carboxylic acids is 1. The summed E-state index contributed by atoms with van der Waals surface area (Å²) in [6.07, 6.45) is 0.769. The normalized spacial score (nSPS) is 13.8. The van der Waals surface area contributed by atoms with Crippen LogP contribution in [0.5, 0.6) is 6.01 Å². The van der Waals surface area contributed by atoms with Crippen LogP contribution in [-0.4, -0.2) is 27.2 Å². The van der Waals surface area contributed by atoms with Crippen LogP contribution in [0, 0.1) is 0 Å². The van der Waals surface area contributed by atoms with Gasteiger partial charge in [-0.3, -0.25) is 9.36 Å². The molecule has 1 aliphatic rings. The van der Waals surface area contributed by atoms with Crippen LogP contribution in [-0.2, 0) is 24.2 Å². The lowest BCUT2D eigenvalue weighted by Gasteiger charge is -2.00. The van der Waals surface area contributed by atoms with Gasteiger partial charge in [-0.15, -0.1) is 0 Å². The van der Waals surface area contributed by atoms with Gasteiger partial charge in [-0.25, -0.2) is 0 Å². The van der Waals surface area contributed by atoms with E-state index in [1.165, 1.54) is 0 Å². The standard InChI is InChI=1S/C9H12N2O3/c1-2-7-6(5-8(12)13)10-9-11(7)3-4-14-9/h2-5H2,1H3,(H,12,13). The fourth-order valence-corrected chi connectivity index (χ4v) is 1.76. The number of aliphatic carboxylic acids is 1. The summed E-state index contributed by atoms with van der Waals surface area (Å²) in [5.74, 6) is -0.850. The fraction of sp³-hybridized carbons (Fsp3) is 0.556. The summed E-state index contributed by atoms with van der Waals surface area (Å²) in [4.78, 5) is 14.7. The molecular weight excluding hydrogens is 184 g/mol. The number of carbonyl (C=O) groups is 1. The van der Waals surface area contributed by atoms with Crippen LogP contribution in [0.15, 0.2) is 0 Å². The number of carboxylic acid groups (broad SMARTS) is 1. The van der Waals surface area contributed by atoms with Crippen LogP contribution in [0.2, 0.25) is 0 Å². The maximum absolute atomic E-state index is 10.6. The molecule has 0 spiro atoms. The molecule has 2 rings (SSSR count). The van der Waals surface area contributed by atoms with E-state index in [1.807, 2.05) is 11.5 Å². The molecule has 0 amide bonds. The molecule has 14 heavy (non-hydrogen) atoms. The molecule has 0 fully saturated rings. The van der Waals surface area contributed by atoms with Gasteiger partial charge in [0.05, 0.1) is 18.7 Å². The van der Waals surface area contributed by atoms with Gasteiger partial charge >= 0.3 is 5.97 Å². The zero-order valence-corrected chi connectivity index (χ0v) is 7.99. The van der Waals surface area contributed by atoms with Crippen LogP contribution >= 0.6 is 0 Å². The van der Waals surface area contributed by atoms with Crippen LogP contribution < -0.4 is 4.74 Å². The summed E-state index contributed by atoms with van der Waals surface area (Å²) < 4.78 is 7.22. The molecule has 0 unspecified atom stereocenters. The first-order valence-electron chi connectivity index (χ1n) is 4.65. The van der Waals surface area contributed by atoms with Crippen LogP contribution in [0.1, 0.15) is 18.3 Å². The first-order chi connectivity index (χ1) is 6.72. The SMILES string of the molecule is CCc1c(CC(=O)O)nc2n1CCO2. The van der Waals surface area contributed by atoms with E-state index in [1.54, 1.807) is 0 Å². The zero-order chi connectivity index (χ0) is 10.1. The zero-order valence-electron chi connectivity index (χ0n) is 7.99. The van der Waals surface area contributed by atoms with Gasteiger partial charge in [-0.05, 0) is 6.42 Å². The van der Waals surface area contributed by atoms with Crippen molar-refractivity contribution >= 4 is 5.97 Å². The van der Waals surface area contributed by atoms with Crippen molar-refractivity contribution < 1.29 is 14.6 Å². The van der Waals surface area contributed by atoms with Crippen LogP contribution in [0.25, 0.3) is 0 Å². The third-order valence-corrected chi connectivity index (χ3v) is 2.32. The minimum absolute atomic E-state index is 0.0213. The van der Waals surface area contributed by atoms with Crippen molar-refractivity contribution in [3.63, 3.8) is 0 Å². The Kier molecular flexibility index (Phi) is 2.15. The molecule has 0 radical (unpaired) electrons. The molecule has 1 aromatic rings. The van der Waals surface area contributed by atoms with Crippen molar-refractivity contribution in [1.82, 2.24) is 9.55 Å². The van der Waals surface area contributed by atoms with Crippen molar-refractivity contribution in [2.45, 2.75) is 26.3 Å². The molecule has 5 nitrogen and oxygen atoms in total. The summed E-state index contributed by atoms with van der Waals surface area (Å²) in [7, 11) is 0. The fourth-order valence-electron chi connectivity index (χ4n) is 1.76. The van der Waals surface area contributed by atoms with E-state index in [2.05, 4.69) is 4.98 Å². The molecule has 5 heteroatoms. The summed E-state index contributed by atoms with van der Waals surface area (Å²) in [5.41, 5.74) is 1.62. The lowest BCUT2D eigenvalue weighted by atomic mass is 10.2. The Labute approximate surface area is 81.3 Å². The third-order valence-electron chi connectivity index (χ3n) is 2.32. The van der Waals surface area contributed by atoms with E-state index in [0.717, 1.165) is 18.7 Å². The number of hydrogen-bond acceptors (Lipinski definition) is 3. The predicted molar refractivity (Wildman–Crippen MR) is 48.4 cm³/mol. The van der Waals surface area contributed by atoms with Crippen LogP contribution in [0.3, 0.4) is 0 Å². The maximum Gasteiger partial charge on any atom is 0.309 e. The number of aromatic nitrogens is 2. The van der Waals surface area contributed by atoms with Gasteiger partial charge in [0.2, 0.25) is 0 Å². The first kappa shape index (κ1) is 9.05. The molecule has 76 valence electrons. The van der Waals surface area contributed by atoms with E-state index in [-0.39, 0.29) is 6.42 Å². The molecule has 1 aliphatic heterocycles. The molecule has 1 aromatic heterocycles. The highest BCUT2D eigenvalue weighted by molar-refractivity contribution is 5.70. The molecule has 0 aromatic carbocycles. The highest BCUT2D eigenvalue weighted by Crippen LogP contribution is 2.23. The van der Waals surface area contributed by atoms with Crippen molar-refractivity contribution in [3.05, 3.63) is 11.4 Å². The van der Waals surface area contributed by atoms with E-state index in [9.17, 15) is 4.79 Å². The molecule has 0 atom stereocenters. The van der Waals surface area contributed by atoms with Crippen molar-refractivity contribution in [3.8, 4) is 6.01 Å². The largest absolute Gasteiger partial charge is 0.481 e. The Balaban J connectivity index is 2.36. The smallest absolute Gasteiger partial charge is 0.309 e. The highest BCUT2D eigenvalue weighted by atomic mass is 16.5. The van der Waals surface area contributed by atoms with Crippen molar-refractivity contribution in [2.75, 3.05) is 6.61 Å². The average molecular weight is 196 g/mol. The van der Waals surface area contributed by atoms with Crippen molar-refractivity contribution in [2.24, 2.45) is 0 Å². The Morgan fingerprint density at radius 3 is 3.14 bits per heavy atom. The highest BCUT2D eigenvalue weighted by Gasteiger charge is 2.22. The molecule has 1 N–H and O–H groups in total. The Morgan fingerprint density at radius 2 is 2.50 bits per heavy atom. The van der Waals surface area contributed by atoms with E-state index >= 15 is 0 Å². The maximum atomic E-state index is 10.6. The summed E-state index contributed by atoms with van der Waals surface area (Å²) in [5, 5.41) is 8.69. The average Bonchev–Trinajstić information content (AvgIpc) is 2.62. The van der Waals surface area contributed by atoms with Gasteiger partial charge in [-0.2, -0.15) is 4.98 Å². The number of rotatable bonds is 3. The van der Waals surface area contributed by atoms with Gasteiger partial charge in [0.25, 0.3) is 6.01 Å². The Hall–Kier alpha value is -1.52. The Bertz CT molecular complexity index is 370. The minimum atomic E-state index is -0.850. The van der Waals surface area contributed by atoms with Gasteiger partial charge in [0.1, 0.15) is 6.61 Å². The molecule has 0 saturated carbocycles. The quantitative estimate of drug-likeness (QED) is 0.763. The second-order valence-corrected chi connectivity index (χ2v) is 3.21. The van der Waals surface area contributed by atoms with Crippen molar-refractivity contribution in [1.29, 1.82) is 0 Å². The third kappa shape index (κ3) is 1.34. The van der Waals surface area contributed by atoms with E-state index in [4.69, 9.17) is 9.84 Å². The molecule has 0 bridgehead atoms. The topological polar surface area (TPSA) is 64.3 Å². The summed E-state index contributed by atoms with van der Waals surface area (Å²) >= 11 is 0. The summed E-state index contributed by atoms with van der Waals surface area (Å²) in [6.45, 7) is 3.42. The lowest BCUT2D eigenvalue weighted by Crippen LogP contribution is -2.06. The van der Waals surface area contributed by atoms with E-state index < -0.39 is 5.97 Å². The molecule has 2 heterocycles. The summed E-state index contributed by atoms with van der Waals surface area (Å²) in [6, 6.07) is 0.568. The molecular formula is C9H12N2O3. The minimum Gasteiger partial charge on any atom is -0.481 e. The number of ether oxygens (including phenoxy) is 1. The van der Waals surface area contributed by atoms with Gasteiger partial charge in [0, 0.05) is 5.69 Å². The molecule has 0 aliphatic carbocycles. The first-order valence-corrected chi connectivity index (χ1v) is 4.65. The predicted octanol–water partition coefficient (Wildman–Crippen LogP) is 0.465. The lowest BCUT2D eigenvalue weighted by molar-refractivity contribution is -0.136. The van der Waals surface area contributed by atoms with Crippen LogP contribution in [0.4, 0.5) is 0 Å². The second-order valence-electron chi connectivity index (χ2n) is 3.21.